The fraction of sp³-hybridized carbons (Fsp3) is 0.171. The molecule has 0 saturated carbocycles. The first-order valence-corrected chi connectivity index (χ1v) is 15.9. The third-order valence-corrected chi connectivity index (χ3v) is 10.0. The summed E-state index contributed by atoms with van der Waals surface area (Å²) in [6.45, 7) is 0. The van der Waals surface area contributed by atoms with Crippen molar-refractivity contribution in [2.45, 2.75) is 35.3 Å². The van der Waals surface area contributed by atoms with Gasteiger partial charge in [0.25, 0.3) is 5.91 Å². The molecule has 2 amide bonds. The highest BCUT2D eigenvalue weighted by atomic mass is 32.2. The molecule has 44 heavy (non-hydrogen) atoms. The van der Waals surface area contributed by atoms with Crippen LogP contribution in [0.15, 0.2) is 113 Å². The van der Waals surface area contributed by atoms with Crippen LogP contribution in [-0.2, 0) is 22.4 Å². The molecule has 0 bridgehead atoms. The number of thiophene rings is 1. The molecule has 1 aliphatic carbocycles. The highest BCUT2D eigenvalue weighted by Gasteiger charge is 2.32. The number of hydrogen-bond donors (Lipinski definition) is 2. The Labute approximate surface area is 263 Å². The third kappa shape index (κ3) is 6.49. The van der Waals surface area contributed by atoms with E-state index in [2.05, 4.69) is 34.9 Å². The molecule has 0 saturated heterocycles. The number of nitrogens with one attached hydrogen (secondary N) is 2. The van der Waals surface area contributed by atoms with Crippen molar-refractivity contribution < 1.29 is 23.5 Å². The zero-order valence-corrected chi connectivity index (χ0v) is 25.6. The van der Waals surface area contributed by atoms with E-state index < -0.39 is 11.2 Å². The van der Waals surface area contributed by atoms with Gasteiger partial charge in [0.15, 0.2) is 5.76 Å². The number of anilines is 2. The van der Waals surface area contributed by atoms with Crippen LogP contribution in [-0.4, -0.2) is 24.9 Å². The van der Waals surface area contributed by atoms with Crippen LogP contribution in [0.4, 0.5) is 10.7 Å². The minimum atomic E-state index is -0.631. The van der Waals surface area contributed by atoms with E-state index >= 15 is 0 Å². The standard InChI is InChI=1S/C35H30N2O5S2/c1-41-35(40)30-27-18-17-24(22-10-4-2-5-11-22)20-29(27)44-34(30)37-33(39)31(23-12-6-3-7-13-23)43-26-15-8-14-25(21-26)36-32(38)28-16-9-19-42-28/h2-16,19,21,24,31H,17-18,20H2,1H3,(H,36,38)(H,37,39). The number of esters is 1. The van der Waals surface area contributed by atoms with Crippen LogP contribution in [0.3, 0.4) is 0 Å². The van der Waals surface area contributed by atoms with Crippen molar-refractivity contribution >= 4 is 51.6 Å². The Morgan fingerprint density at radius 3 is 2.43 bits per heavy atom. The summed E-state index contributed by atoms with van der Waals surface area (Å²) < 4.78 is 10.4. The molecule has 0 fully saturated rings. The topological polar surface area (TPSA) is 97.6 Å². The monoisotopic (exact) mass is 622 g/mol. The maximum atomic E-state index is 14.0. The van der Waals surface area contributed by atoms with Gasteiger partial charge in [0.1, 0.15) is 10.3 Å². The SMILES string of the molecule is COC(=O)c1c(NC(=O)C(Sc2cccc(NC(=O)c3ccco3)c2)c2ccccc2)sc2c1CCC(c1ccccc1)C2. The molecule has 0 aliphatic heterocycles. The maximum Gasteiger partial charge on any atom is 0.341 e. The second kappa shape index (κ2) is 13.4. The summed E-state index contributed by atoms with van der Waals surface area (Å²) >= 11 is 2.82. The lowest BCUT2D eigenvalue weighted by molar-refractivity contribution is -0.115. The van der Waals surface area contributed by atoms with Gasteiger partial charge in [0, 0.05) is 15.5 Å². The molecule has 0 spiro atoms. The number of hydrogen-bond acceptors (Lipinski definition) is 7. The third-order valence-electron chi connectivity index (χ3n) is 7.59. The summed E-state index contributed by atoms with van der Waals surface area (Å²) in [5.74, 6) is -0.500. The van der Waals surface area contributed by atoms with E-state index in [1.807, 2.05) is 54.6 Å². The van der Waals surface area contributed by atoms with Gasteiger partial charge in [-0.2, -0.15) is 0 Å². The molecule has 2 atom stereocenters. The van der Waals surface area contributed by atoms with Gasteiger partial charge < -0.3 is 19.8 Å². The lowest BCUT2D eigenvalue weighted by atomic mass is 9.83. The smallest absolute Gasteiger partial charge is 0.341 e. The van der Waals surface area contributed by atoms with Gasteiger partial charge in [-0.3, -0.25) is 9.59 Å². The van der Waals surface area contributed by atoms with Crippen LogP contribution in [0.25, 0.3) is 0 Å². The normalized spacial score (nSPS) is 14.7. The quantitative estimate of drug-likeness (QED) is 0.127. The first-order chi connectivity index (χ1) is 21.5. The number of amides is 2. The van der Waals surface area contributed by atoms with Crippen molar-refractivity contribution in [3.8, 4) is 0 Å². The van der Waals surface area contributed by atoms with E-state index in [0.717, 1.165) is 40.2 Å². The Bertz CT molecular complexity index is 1770. The predicted octanol–water partition coefficient (Wildman–Crippen LogP) is 8.12. The van der Waals surface area contributed by atoms with Gasteiger partial charge in [0.2, 0.25) is 5.91 Å². The van der Waals surface area contributed by atoms with Crippen LogP contribution in [0.1, 0.15) is 60.1 Å². The Morgan fingerprint density at radius 2 is 1.70 bits per heavy atom. The van der Waals surface area contributed by atoms with Gasteiger partial charge in [-0.05, 0) is 72.2 Å². The molecule has 9 heteroatoms. The summed E-state index contributed by atoms with van der Waals surface area (Å²) in [5, 5.41) is 5.82. The Balaban J connectivity index is 1.26. The van der Waals surface area contributed by atoms with Crippen molar-refractivity contribution in [2.24, 2.45) is 0 Å². The van der Waals surface area contributed by atoms with Crippen LogP contribution in [0, 0.1) is 0 Å². The lowest BCUT2D eigenvalue weighted by Gasteiger charge is -2.22. The number of thioether (sulfide) groups is 1. The zero-order valence-electron chi connectivity index (χ0n) is 23.9. The number of carbonyl (C=O) groups is 3. The van der Waals surface area contributed by atoms with E-state index in [0.29, 0.717) is 22.2 Å². The van der Waals surface area contributed by atoms with E-state index in [1.54, 1.807) is 18.2 Å². The molecule has 1 aliphatic rings. The second-order valence-electron chi connectivity index (χ2n) is 10.4. The van der Waals surface area contributed by atoms with Crippen LogP contribution >= 0.6 is 23.1 Å². The summed E-state index contributed by atoms with van der Waals surface area (Å²) in [7, 11) is 1.37. The van der Waals surface area contributed by atoms with Gasteiger partial charge in [-0.25, -0.2) is 4.79 Å². The van der Waals surface area contributed by atoms with Crippen molar-refractivity contribution in [2.75, 3.05) is 17.7 Å². The molecular formula is C35H30N2O5S2. The number of ether oxygens (including phenoxy) is 1. The highest BCUT2D eigenvalue weighted by molar-refractivity contribution is 8.00. The Morgan fingerprint density at radius 1 is 0.932 bits per heavy atom. The van der Waals surface area contributed by atoms with E-state index in [9.17, 15) is 14.4 Å². The van der Waals surface area contributed by atoms with Gasteiger partial charge in [-0.15, -0.1) is 23.1 Å². The van der Waals surface area contributed by atoms with Gasteiger partial charge in [0.05, 0.1) is 18.9 Å². The first kappa shape index (κ1) is 29.5. The van der Waals surface area contributed by atoms with E-state index in [4.69, 9.17) is 9.15 Å². The van der Waals surface area contributed by atoms with E-state index in [1.165, 1.54) is 42.0 Å². The number of fused-ring (bicyclic) bond motifs is 1. The molecule has 2 unspecified atom stereocenters. The van der Waals surface area contributed by atoms with Crippen molar-refractivity contribution in [1.29, 1.82) is 0 Å². The minimum absolute atomic E-state index is 0.208. The highest BCUT2D eigenvalue weighted by Crippen LogP contribution is 2.44. The summed E-state index contributed by atoms with van der Waals surface area (Å²) in [6.07, 6.45) is 3.90. The number of furan rings is 1. The molecule has 7 nitrogen and oxygen atoms in total. The molecule has 5 aromatic rings. The summed E-state index contributed by atoms with van der Waals surface area (Å²) in [5.41, 5.74) is 4.08. The molecule has 6 rings (SSSR count). The van der Waals surface area contributed by atoms with Gasteiger partial charge in [-0.1, -0.05) is 66.7 Å². The second-order valence-corrected chi connectivity index (χ2v) is 12.7. The largest absolute Gasteiger partial charge is 0.465 e. The molecule has 2 N–H and O–H groups in total. The van der Waals surface area contributed by atoms with Gasteiger partial charge >= 0.3 is 5.97 Å². The van der Waals surface area contributed by atoms with Crippen molar-refractivity contribution in [3.05, 3.63) is 136 Å². The number of carbonyl (C=O) groups excluding carboxylic acids is 3. The zero-order chi connectivity index (χ0) is 30.5. The fourth-order valence-electron chi connectivity index (χ4n) is 5.46. The molecule has 222 valence electrons. The molecule has 0 radical (unpaired) electrons. The molecule has 2 aromatic heterocycles. The van der Waals surface area contributed by atoms with Crippen LogP contribution < -0.4 is 10.6 Å². The first-order valence-electron chi connectivity index (χ1n) is 14.3. The lowest BCUT2D eigenvalue weighted by Crippen LogP contribution is -2.20. The minimum Gasteiger partial charge on any atom is -0.465 e. The molecule has 2 heterocycles. The van der Waals surface area contributed by atoms with Crippen molar-refractivity contribution in [1.82, 2.24) is 0 Å². The molecular weight excluding hydrogens is 593 g/mol. The van der Waals surface area contributed by atoms with Crippen molar-refractivity contribution in [3.63, 3.8) is 0 Å². The van der Waals surface area contributed by atoms with Crippen LogP contribution in [0.5, 0.6) is 0 Å². The Hall–Kier alpha value is -4.60. The number of methoxy groups -OCH3 is 1. The Kier molecular flexibility index (Phi) is 8.95. The average molecular weight is 623 g/mol. The maximum absolute atomic E-state index is 14.0. The number of rotatable bonds is 9. The van der Waals surface area contributed by atoms with E-state index in [-0.39, 0.29) is 17.6 Å². The summed E-state index contributed by atoms with van der Waals surface area (Å²) in [4.78, 5) is 41.5. The predicted molar refractivity (Wildman–Crippen MR) is 174 cm³/mol. The molecule has 3 aromatic carbocycles. The fourth-order valence-corrected chi connectivity index (χ4v) is 7.87. The summed E-state index contributed by atoms with van der Waals surface area (Å²) in [6, 6.07) is 30.5. The number of benzene rings is 3. The average Bonchev–Trinajstić information content (AvgIpc) is 3.72. The van der Waals surface area contributed by atoms with Crippen LogP contribution in [0.2, 0.25) is 0 Å².